The highest BCUT2D eigenvalue weighted by molar-refractivity contribution is 7.17. The smallest absolute Gasteiger partial charge is 0.186 e. The molecule has 1 aromatic heterocycles. The molecule has 0 saturated carbocycles. The lowest BCUT2D eigenvalue weighted by Gasteiger charge is -2.37. The molecule has 4 heteroatoms. The van der Waals surface area contributed by atoms with Crippen molar-refractivity contribution in [2.45, 2.75) is 46.5 Å². The zero-order valence-electron chi connectivity index (χ0n) is 11.7. The molecule has 1 aliphatic rings. The van der Waals surface area contributed by atoms with Gasteiger partial charge in [-0.2, -0.15) is 0 Å². The number of hydrogen-bond donors (Lipinski definition) is 0. The van der Waals surface area contributed by atoms with E-state index in [4.69, 9.17) is 0 Å². The third-order valence-electron chi connectivity index (χ3n) is 3.49. The highest BCUT2D eigenvalue weighted by atomic mass is 32.1. The zero-order valence-corrected chi connectivity index (χ0v) is 12.5. The molecular formula is C14H22N2OS. The van der Waals surface area contributed by atoms with Crippen LogP contribution >= 0.6 is 11.3 Å². The van der Waals surface area contributed by atoms with E-state index in [9.17, 15) is 4.79 Å². The lowest BCUT2D eigenvalue weighted by atomic mass is 9.84. The summed E-state index contributed by atoms with van der Waals surface area (Å²) < 4.78 is 0. The first kappa shape index (κ1) is 13.5. The molecule has 0 atom stereocenters. The number of aromatic nitrogens is 1. The number of carbonyl (C=O) groups excluding carboxylic acids is 1. The van der Waals surface area contributed by atoms with Crippen molar-refractivity contribution in [3.8, 4) is 0 Å². The number of thiazole rings is 1. The third kappa shape index (κ3) is 2.74. The number of nitrogens with zero attached hydrogens (tertiary/aromatic N) is 2. The van der Waals surface area contributed by atoms with E-state index in [1.165, 1.54) is 12.8 Å². The standard InChI is InChI=1S/C14H22N2OS/c1-10(2)12-11(8-17)18-13(15-12)16-7-5-6-14(3,4)9-16/h8,10H,5-7,9H2,1-4H3. The zero-order chi connectivity index (χ0) is 13.3. The fourth-order valence-electron chi connectivity index (χ4n) is 2.55. The molecule has 100 valence electrons. The van der Waals surface area contributed by atoms with Gasteiger partial charge < -0.3 is 4.90 Å². The Morgan fingerprint density at radius 1 is 1.44 bits per heavy atom. The summed E-state index contributed by atoms with van der Waals surface area (Å²) in [6, 6.07) is 0. The monoisotopic (exact) mass is 266 g/mol. The molecule has 0 N–H and O–H groups in total. The molecule has 0 amide bonds. The van der Waals surface area contributed by atoms with E-state index in [0.29, 0.717) is 11.3 Å². The van der Waals surface area contributed by atoms with E-state index in [-0.39, 0.29) is 0 Å². The van der Waals surface area contributed by atoms with Crippen LogP contribution < -0.4 is 4.90 Å². The van der Waals surface area contributed by atoms with Crippen LogP contribution in [0, 0.1) is 5.41 Å². The van der Waals surface area contributed by atoms with Gasteiger partial charge in [-0.25, -0.2) is 4.98 Å². The van der Waals surface area contributed by atoms with Crippen LogP contribution in [0.25, 0.3) is 0 Å². The summed E-state index contributed by atoms with van der Waals surface area (Å²) in [7, 11) is 0. The van der Waals surface area contributed by atoms with Gasteiger partial charge in [-0.1, -0.05) is 39.0 Å². The fraction of sp³-hybridized carbons (Fsp3) is 0.714. The number of rotatable bonds is 3. The molecule has 1 saturated heterocycles. The molecule has 1 fully saturated rings. The van der Waals surface area contributed by atoms with Gasteiger partial charge in [0, 0.05) is 13.1 Å². The molecule has 0 unspecified atom stereocenters. The van der Waals surface area contributed by atoms with Crippen molar-refractivity contribution in [2.24, 2.45) is 5.41 Å². The van der Waals surface area contributed by atoms with Gasteiger partial charge in [-0.05, 0) is 24.2 Å². The van der Waals surface area contributed by atoms with Gasteiger partial charge in [0.2, 0.25) is 0 Å². The number of piperidine rings is 1. The summed E-state index contributed by atoms with van der Waals surface area (Å²) in [6.07, 6.45) is 3.43. The second kappa shape index (κ2) is 5.00. The fourth-order valence-corrected chi connectivity index (χ4v) is 3.61. The van der Waals surface area contributed by atoms with Gasteiger partial charge in [0.05, 0.1) is 10.6 Å². The van der Waals surface area contributed by atoms with Crippen LogP contribution in [-0.2, 0) is 0 Å². The van der Waals surface area contributed by atoms with Crippen molar-refractivity contribution in [1.82, 2.24) is 4.98 Å². The Labute approximate surface area is 113 Å². The molecule has 3 nitrogen and oxygen atoms in total. The molecular weight excluding hydrogens is 244 g/mol. The Morgan fingerprint density at radius 2 is 2.17 bits per heavy atom. The predicted octanol–water partition coefficient (Wildman–Crippen LogP) is 3.71. The number of anilines is 1. The summed E-state index contributed by atoms with van der Waals surface area (Å²) >= 11 is 1.54. The summed E-state index contributed by atoms with van der Waals surface area (Å²) in [5, 5.41) is 1.02. The van der Waals surface area contributed by atoms with Gasteiger partial charge in [0.15, 0.2) is 11.4 Å². The van der Waals surface area contributed by atoms with Crippen LogP contribution in [0.5, 0.6) is 0 Å². The first-order valence-electron chi connectivity index (χ1n) is 6.64. The molecule has 0 aromatic carbocycles. The predicted molar refractivity (Wildman–Crippen MR) is 76.8 cm³/mol. The minimum atomic E-state index is 0.313. The largest absolute Gasteiger partial charge is 0.348 e. The molecule has 2 rings (SSSR count). The average Bonchev–Trinajstić information content (AvgIpc) is 2.71. The Hall–Kier alpha value is -0.900. The van der Waals surface area contributed by atoms with E-state index < -0.39 is 0 Å². The van der Waals surface area contributed by atoms with Crippen LogP contribution in [0.1, 0.15) is 61.8 Å². The van der Waals surface area contributed by atoms with E-state index >= 15 is 0 Å². The van der Waals surface area contributed by atoms with Gasteiger partial charge in [0.1, 0.15) is 0 Å². The summed E-state index contributed by atoms with van der Waals surface area (Å²) in [5.41, 5.74) is 1.30. The quantitative estimate of drug-likeness (QED) is 0.782. The summed E-state index contributed by atoms with van der Waals surface area (Å²) in [6.45, 7) is 10.9. The highest BCUT2D eigenvalue weighted by Crippen LogP contribution is 2.35. The molecule has 0 radical (unpaired) electrons. The maximum Gasteiger partial charge on any atom is 0.186 e. The number of aldehydes is 1. The molecule has 0 spiro atoms. The van der Waals surface area contributed by atoms with Crippen LogP contribution in [0.4, 0.5) is 5.13 Å². The van der Waals surface area contributed by atoms with Crippen molar-refractivity contribution in [3.05, 3.63) is 10.6 Å². The second-order valence-corrected chi connectivity index (χ2v) is 7.22. The normalized spacial score (nSPS) is 19.3. The van der Waals surface area contributed by atoms with Gasteiger partial charge in [0.25, 0.3) is 0 Å². The van der Waals surface area contributed by atoms with Crippen molar-refractivity contribution in [3.63, 3.8) is 0 Å². The Morgan fingerprint density at radius 3 is 2.67 bits per heavy atom. The molecule has 2 heterocycles. The lowest BCUT2D eigenvalue weighted by Crippen LogP contribution is -2.40. The summed E-state index contributed by atoms with van der Waals surface area (Å²) in [5.74, 6) is 0.313. The maximum atomic E-state index is 11.1. The van der Waals surface area contributed by atoms with Gasteiger partial charge in [-0.15, -0.1) is 0 Å². The first-order valence-corrected chi connectivity index (χ1v) is 7.45. The highest BCUT2D eigenvalue weighted by Gasteiger charge is 2.28. The lowest BCUT2D eigenvalue weighted by molar-refractivity contribution is 0.112. The van der Waals surface area contributed by atoms with Gasteiger partial charge in [-0.3, -0.25) is 4.79 Å². The van der Waals surface area contributed by atoms with Crippen molar-refractivity contribution in [1.29, 1.82) is 0 Å². The Balaban J connectivity index is 2.25. The topological polar surface area (TPSA) is 33.2 Å². The van der Waals surface area contributed by atoms with Crippen LogP contribution in [0.3, 0.4) is 0 Å². The maximum absolute atomic E-state index is 11.1. The molecule has 18 heavy (non-hydrogen) atoms. The third-order valence-corrected chi connectivity index (χ3v) is 4.55. The molecule has 0 aliphatic carbocycles. The average molecular weight is 266 g/mol. The SMILES string of the molecule is CC(C)c1nc(N2CCCC(C)(C)C2)sc1C=O. The minimum absolute atomic E-state index is 0.313. The molecule has 1 aromatic rings. The van der Waals surface area contributed by atoms with E-state index in [2.05, 4.69) is 37.6 Å². The van der Waals surface area contributed by atoms with Crippen LogP contribution in [0.15, 0.2) is 0 Å². The van der Waals surface area contributed by atoms with Gasteiger partial charge >= 0.3 is 0 Å². The van der Waals surface area contributed by atoms with E-state index in [0.717, 1.165) is 35.1 Å². The molecule has 1 aliphatic heterocycles. The Kier molecular flexibility index (Phi) is 3.76. The van der Waals surface area contributed by atoms with Crippen molar-refractivity contribution < 1.29 is 4.79 Å². The van der Waals surface area contributed by atoms with E-state index in [1.807, 2.05) is 0 Å². The number of hydrogen-bond acceptors (Lipinski definition) is 4. The minimum Gasteiger partial charge on any atom is -0.348 e. The summed E-state index contributed by atoms with van der Waals surface area (Å²) in [4.78, 5) is 18.9. The van der Waals surface area contributed by atoms with E-state index in [1.54, 1.807) is 11.3 Å². The van der Waals surface area contributed by atoms with Crippen LogP contribution in [-0.4, -0.2) is 24.4 Å². The van der Waals surface area contributed by atoms with Crippen molar-refractivity contribution >= 4 is 22.8 Å². The van der Waals surface area contributed by atoms with Crippen molar-refractivity contribution in [2.75, 3.05) is 18.0 Å². The Bertz CT molecular complexity index is 437. The molecule has 0 bridgehead atoms. The second-order valence-electron chi connectivity index (χ2n) is 6.21. The first-order chi connectivity index (χ1) is 8.43. The number of carbonyl (C=O) groups is 1. The van der Waals surface area contributed by atoms with Crippen LogP contribution in [0.2, 0.25) is 0 Å².